The molecule has 0 N–H and O–H groups in total. The van der Waals surface area contributed by atoms with Crippen molar-refractivity contribution in [1.82, 2.24) is 4.90 Å². The molecule has 1 fully saturated rings. The molecule has 0 aromatic heterocycles. The molecule has 1 aromatic rings. The Balaban J connectivity index is 2.00. The van der Waals surface area contributed by atoms with E-state index in [0.29, 0.717) is 27.6 Å². The van der Waals surface area contributed by atoms with E-state index in [1.165, 1.54) is 19.3 Å². The Morgan fingerprint density at radius 2 is 1.95 bits per heavy atom. The van der Waals surface area contributed by atoms with Crippen LogP contribution in [0, 0.1) is 5.41 Å². The molecule has 2 nitrogen and oxygen atoms in total. The van der Waals surface area contributed by atoms with Gasteiger partial charge in [-0.2, -0.15) is 0 Å². The maximum absolute atomic E-state index is 12.3. The van der Waals surface area contributed by atoms with Crippen molar-refractivity contribution in [2.75, 3.05) is 19.6 Å². The summed E-state index contributed by atoms with van der Waals surface area (Å²) in [6.07, 6.45) is 3.55. The normalized spacial score (nSPS) is 18.4. The lowest BCUT2D eigenvalue weighted by Crippen LogP contribution is -2.30. The number of hydrogen-bond acceptors (Lipinski definition) is 2. The molecule has 2 rings (SSSR count). The van der Waals surface area contributed by atoms with E-state index in [-0.39, 0.29) is 5.78 Å². The zero-order chi connectivity index (χ0) is 14.8. The van der Waals surface area contributed by atoms with E-state index < -0.39 is 0 Å². The standard InChI is InChI=1S/C16H21Cl2NO/c1-3-16(4-2)7-8-19(11-16)10-15(20)12-5-6-13(17)14(18)9-12/h5-6,9H,3-4,7-8,10-11H2,1-2H3. The molecule has 110 valence electrons. The molecule has 0 saturated carbocycles. The third-order valence-corrected chi connectivity index (χ3v) is 5.37. The van der Waals surface area contributed by atoms with Gasteiger partial charge in [-0.3, -0.25) is 9.69 Å². The third kappa shape index (κ3) is 3.36. The molecular weight excluding hydrogens is 293 g/mol. The first-order valence-corrected chi connectivity index (χ1v) is 7.96. The van der Waals surface area contributed by atoms with Crippen LogP contribution in [0.25, 0.3) is 0 Å². The van der Waals surface area contributed by atoms with Crippen LogP contribution in [0.4, 0.5) is 0 Å². The topological polar surface area (TPSA) is 20.3 Å². The predicted octanol–water partition coefficient (Wildman–Crippen LogP) is 4.69. The second kappa shape index (κ2) is 6.46. The highest BCUT2D eigenvalue weighted by atomic mass is 35.5. The molecule has 0 spiro atoms. The van der Waals surface area contributed by atoms with E-state index in [2.05, 4.69) is 18.7 Å². The quantitative estimate of drug-likeness (QED) is 0.735. The number of carbonyl (C=O) groups is 1. The molecule has 1 saturated heterocycles. The van der Waals surface area contributed by atoms with Crippen LogP contribution in [-0.4, -0.2) is 30.3 Å². The Labute approximate surface area is 131 Å². The van der Waals surface area contributed by atoms with E-state index in [1.54, 1.807) is 18.2 Å². The highest BCUT2D eigenvalue weighted by molar-refractivity contribution is 6.42. The SMILES string of the molecule is CCC1(CC)CCN(CC(=O)c2ccc(Cl)c(Cl)c2)C1. The van der Waals surface area contributed by atoms with E-state index in [9.17, 15) is 4.79 Å². The fraction of sp³-hybridized carbons (Fsp3) is 0.562. The molecule has 4 heteroatoms. The minimum atomic E-state index is 0.117. The number of ketones is 1. The summed E-state index contributed by atoms with van der Waals surface area (Å²) in [5.74, 6) is 0.117. The first-order chi connectivity index (χ1) is 9.49. The van der Waals surface area contributed by atoms with Crippen LogP contribution in [0.2, 0.25) is 10.0 Å². The van der Waals surface area contributed by atoms with Crippen molar-refractivity contribution in [2.24, 2.45) is 5.41 Å². The molecule has 0 aliphatic carbocycles. The summed E-state index contributed by atoms with van der Waals surface area (Å²) < 4.78 is 0. The maximum Gasteiger partial charge on any atom is 0.176 e. The summed E-state index contributed by atoms with van der Waals surface area (Å²) in [4.78, 5) is 14.6. The molecule has 1 aliphatic rings. The lowest BCUT2D eigenvalue weighted by Gasteiger charge is -2.26. The van der Waals surface area contributed by atoms with Gasteiger partial charge in [0.15, 0.2) is 5.78 Å². The maximum atomic E-state index is 12.3. The monoisotopic (exact) mass is 313 g/mol. The summed E-state index contributed by atoms with van der Waals surface area (Å²) in [5.41, 5.74) is 1.04. The van der Waals surface area contributed by atoms with Gasteiger partial charge < -0.3 is 0 Å². The highest BCUT2D eigenvalue weighted by Crippen LogP contribution is 2.36. The van der Waals surface area contributed by atoms with E-state index in [1.807, 2.05) is 0 Å². The van der Waals surface area contributed by atoms with Crippen LogP contribution in [-0.2, 0) is 0 Å². The van der Waals surface area contributed by atoms with Gasteiger partial charge in [0.2, 0.25) is 0 Å². The van der Waals surface area contributed by atoms with Crippen LogP contribution in [0.5, 0.6) is 0 Å². The molecule has 1 aromatic carbocycles. The number of halogens is 2. The second-order valence-electron chi connectivity index (χ2n) is 5.72. The van der Waals surface area contributed by atoms with Crippen molar-refractivity contribution in [2.45, 2.75) is 33.1 Å². The van der Waals surface area contributed by atoms with Crippen LogP contribution in [0.3, 0.4) is 0 Å². The summed E-state index contributed by atoms with van der Waals surface area (Å²) >= 11 is 11.8. The minimum absolute atomic E-state index is 0.117. The fourth-order valence-corrected chi connectivity index (χ4v) is 3.25. The zero-order valence-corrected chi connectivity index (χ0v) is 13.6. The summed E-state index contributed by atoms with van der Waals surface area (Å²) in [6, 6.07) is 5.10. The Kier molecular flexibility index (Phi) is 5.11. The Hall–Kier alpha value is -0.570. The Bertz CT molecular complexity index is 497. The largest absolute Gasteiger partial charge is 0.295 e. The van der Waals surface area contributed by atoms with Gasteiger partial charge in [0.1, 0.15) is 0 Å². The summed E-state index contributed by atoms with van der Waals surface area (Å²) in [5, 5.41) is 0.927. The minimum Gasteiger partial charge on any atom is -0.295 e. The summed E-state index contributed by atoms with van der Waals surface area (Å²) in [7, 11) is 0. The van der Waals surface area contributed by atoms with Crippen LogP contribution in [0.1, 0.15) is 43.5 Å². The molecule has 0 amide bonds. The molecule has 0 radical (unpaired) electrons. The Morgan fingerprint density at radius 3 is 2.50 bits per heavy atom. The predicted molar refractivity (Wildman–Crippen MR) is 84.9 cm³/mol. The second-order valence-corrected chi connectivity index (χ2v) is 6.53. The van der Waals surface area contributed by atoms with Gasteiger partial charge in [-0.1, -0.05) is 37.0 Å². The lowest BCUT2D eigenvalue weighted by atomic mass is 9.82. The zero-order valence-electron chi connectivity index (χ0n) is 12.1. The van der Waals surface area contributed by atoms with Crippen molar-refractivity contribution in [1.29, 1.82) is 0 Å². The molecule has 1 aliphatic heterocycles. The average molecular weight is 314 g/mol. The number of carbonyl (C=O) groups excluding carboxylic acids is 1. The van der Waals surface area contributed by atoms with Gasteiger partial charge in [0, 0.05) is 12.1 Å². The van der Waals surface area contributed by atoms with Crippen molar-refractivity contribution < 1.29 is 4.79 Å². The van der Waals surface area contributed by atoms with Crippen LogP contribution >= 0.6 is 23.2 Å². The Morgan fingerprint density at radius 1 is 1.25 bits per heavy atom. The average Bonchev–Trinajstić information content (AvgIpc) is 2.86. The van der Waals surface area contributed by atoms with Crippen molar-refractivity contribution in [3.05, 3.63) is 33.8 Å². The molecule has 20 heavy (non-hydrogen) atoms. The van der Waals surface area contributed by atoms with Crippen molar-refractivity contribution >= 4 is 29.0 Å². The van der Waals surface area contributed by atoms with Gasteiger partial charge in [-0.25, -0.2) is 0 Å². The van der Waals surface area contributed by atoms with Gasteiger partial charge in [-0.05, 0) is 49.4 Å². The lowest BCUT2D eigenvalue weighted by molar-refractivity contribution is 0.0936. The van der Waals surface area contributed by atoms with Gasteiger partial charge in [0.05, 0.1) is 16.6 Å². The van der Waals surface area contributed by atoms with Crippen LogP contribution in [0.15, 0.2) is 18.2 Å². The number of hydrogen-bond donors (Lipinski definition) is 0. The molecule has 0 atom stereocenters. The number of likely N-dealkylation sites (tertiary alicyclic amines) is 1. The van der Waals surface area contributed by atoms with Crippen LogP contribution < -0.4 is 0 Å². The first-order valence-electron chi connectivity index (χ1n) is 7.20. The number of Topliss-reactive ketones (excluding diaryl/α,β-unsaturated/α-hetero) is 1. The fourth-order valence-electron chi connectivity index (χ4n) is 2.95. The number of benzene rings is 1. The van der Waals surface area contributed by atoms with Gasteiger partial charge >= 0.3 is 0 Å². The molecule has 1 heterocycles. The summed E-state index contributed by atoms with van der Waals surface area (Å²) in [6.45, 7) is 6.99. The van der Waals surface area contributed by atoms with Crippen molar-refractivity contribution in [3.8, 4) is 0 Å². The third-order valence-electron chi connectivity index (χ3n) is 4.63. The molecular formula is C16H21Cl2NO. The van der Waals surface area contributed by atoms with E-state index in [0.717, 1.165) is 13.1 Å². The highest BCUT2D eigenvalue weighted by Gasteiger charge is 2.35. The van der Waals surface area contributed by atoms with Gasteiger partial charge in [0.25, 0.3) is 0 Å². The molecule has 0 unspecified atom stereocenters. The van der Waals surface area contributed by atoms with Gasteiger partial charge in [-0.15, -0.1) is 0 Å². The number of rotatable bonds is 5. The number of nitrogens with zero attached hydrogens (tertiary/aromatic N) is 1. The van der Waals surface area contributed by atoms with E-state index >= 15 is 0 Å². The van der Waals surface area contributed by atoms with Crippen molar-refractivity contribution in [3.63, 3.8) is 0 Å². The smallest absolute Gasteiger partial charge is 0.176 e. The van der Waals surface area contributed by atoms with E-state index in [4.69, 9.17) is 23.2 Å². The first kappa shape index (κ1) is 15.8. The molecule has 0 bridgehead atoms.